The van der Waals surface area contributed by atoms with Gasteiger partial charge in [0.15, 0.2) is 5.75 Å². The predicted octanol–water partition coefficient (Wildman–Crippen LogP) is 2.06. The molecule has 0 aliphatic heterocycles. The highest BCUT2D eigenvalue weighted by atomic mass is 35.5. The Morgan fingerprint density at radius 3 is 2.73 bits per heavy atom. The van der Waals surface area contributed by atoms with Crippen LogP contribution in [0, 0.1) is 17.1 Å². The van der Waals surface area contributed by atoms with Crippen LogP contribution in [0.2, 0.25) is 5.02 Å². The minimum Gasteiger partial charge on any atom is -0.505 e. The first-order valence-corrected chi connectivity index (χ1v) is 3.11. The largest absolute Gasteiger partial charge is 0.505 e. The van der Waals surface area contributed by atoms with Gasteiger partial charge in [-0.1, -0.05) is 11.6 Å². The molecule has 0 heterocycles. The second-order valence-electron chi connectivity index (χ2n) is 1.90. The lowest BCUT2D eigenvalue weighted by Crippen LogP contribution is -1.81. The Bertz CT molecular complexity index is 332. The first-order chi connectivity index (χ1) is 5.15. The number of phenolic OH excluding ortho intramolecular Hbond substituents is 1. The lowest BCUT2D eigenvalue weighted by molar-refractivity contribution is 0.471. The number of nitrogens with zero attached hydrogens (tertiary/aromatic N) is 1. The van der Waals surface area contributed by atoms with Crippen LogP contribution >= 0.6 is 11.6 Å². The molecule has 0 saturated heterocycles. The van der Waals surface area contributed by atoms with E-state index in [0.29, 0.717) is 0 Å². The summed E-state index contributed by atoms with van der Waals surface area (Å²) in [5, 5.41) is 17.2. The van der Waals surface area contributed by atoms with Crippen molar-refractivity contribution in [2.45, 2.75) is 0 Å². The monoisotopic (exact) mass is 171 g/mol. The van der Waals surface area contributed by atoms with E-state index >= 15 is 0 Å². The summed E-state index contributed by atoms with van der Waals surface area (Å²) in [5.74, 6) is -1.01. The molecule has 0 atom stereocenters. The molecule has 0 aliphatic rings. The zero-order valence-corrected chi connectivity index (χ0v) is 6.06. The summed E-state index contributed by atoms with van der Waals surface area (Å²) in [7, 11) is 0. The van der Waals surface area contributed by atoms with Crippen LogP contribution in [-0.4, -0.2) is 5.11 Å². The number of aromatic hydroxyl groups is 1. The SMILES string of the molecule is N#Cc1cc(F)cc(Cl)c1O. The van der Waals surface area contributed by atoms with Gasteiger partial charge in [-0.3, -0.25) is 0 Å². The molecule has 0 radical (unpaired) electrons. The summed E-state index contributed by atoms with van der Waals surface area (Å²) in [6.45, 7) is 0. The first kappa shape index (κ1) is 7.83. The second-order valence-corrected chi connectivity index (χ2v) is 2.30. The van der Waals surface area contributed by atoms with E-state index in [1.165, 1.54) is 0 Å². The third kappa shape index (κ3) is 1.41. The molecule has 0 amide bonds. The van der Waals surface area contributed by atoms with Crippen LogP contribution in [0.5, 0.6) is 5.75 Å². The highest BCUT2D eigenvalue weighted by Crippen LogP contribution is 2.27. The molecular formula is C7H3ClFNO. The van der Waals surface area contributed by atoms with Crippen LogP contribution in [0.3, 0.4) is 0 Å². The molecule has 0 saturated carbocycles. The van der Waals surface area contributed by atoms with E-state index < -0.39 is 5.82 Å². The third-order valence-corrected chi connectivity index (χ3v) is 1.44. The van der Waals surface area contributed by atoms with Crippen LogP contribution in [0.15, 0.2) is 12.1 Å². The summed E-state index contributed by atoms with van der Waals surface area (Å²) in [6.07, 6.45) is 0. The molecule has 2 nitrogen and oxygen atoms in total. The highest BCUT2D eigenvalue weighted by molar-refractivity contribution is 6.32. The van der Waals surface area contributed by atoms with Crippen molar-refractivity contribution in [1.82, 2.24) is 0 Å². The standard InChI is InChI=1S/C7H3ClFNO/c8-6-2-5(9)1-4(3-10)7(6)11/h1-2,11H. The zero-order chi connectivity index (χ0) is 8.43. The Kier molecular flexibility index (Phi) is 1.97. The predicted molar refractivity (Wildman–Crippen MR) is 37.8 cm³/mol. The van der Waals surface area contributed by atoms with E-state index in [2.05, 4.69) is 0 Å². The number of benzene rings is 1. The molecule has 0 bridgehead atoms. The number of halogens is 2. The van der Waals surface area contributed by atoms with Crippen molar-refractivity contribution < 1.29 is 9.50 Å². The maximum absolute atomic E-state index is 12.4. The summed E-state index contributed by atoms with van der Waals surface area (Å²) in [5.41, 5.74) is -0.157. The summed E-state index contributed by atoms with van der Waals surface area (Å²) >= 11 is 5.36. The van der Waals surface area contributed by atoms with E-state index in [1.54, 1.807) is 6.07 Å². The molecule has 0 unspecified atom stereocenters. The average Bonchev–Trinajstić information content (AvgIpc) is 1.96. The molecule has 1 N–H and O–H groups in total. The van der Waals surface area contributed by atoms with Gasteiger partial charge in [0.05, 0.1) is 10.6 Å². The van der Waals surface area contributed by atoms with Crippen LogP contribution in [0.4, 0.5) is 4.39 Å². The van der Waals surface area contributed by atoms with E-state index in [0.717, 1.165) is 12.1 Å². The van der Waals surface area contributed by atoms with Gasteiger partial charge in [-0.15, -0.1) is 0 Å². The lowest BCUT2D eigenvalue weighted by atomic mass is 10.2. The molecule has 1 aromatic carbocycles. The van der Waals surface area contributed by atoms with Crippen molar-refractivity contribution in [1.29, 1.82) is 5.26 Å². The van der Waals surface area contributed by atoms with Crippen molar-refractivity contribution >= 4 is 11.6 Å². The van der Waals surface area contributed by atoms with Gasteiger partial charge < -0.3 is 5.11 Å². The Hall–Kier alpha value is -1.27. The topological polar surface area (TPSA) is 44.0 Å². The smallest absolute Gasteiger partial charge is 0.152 e. The molecule has 11 heavy (non-hydrogen) atoms. The number of hydrogen-bond acceptors (Lipinski definition) is 2. The van der Waals surface area contributed by atoms with Crippen LogP contribution in [0.25, 0.3) is 0 Å². The van der Waals surface area contributed by atoms with Crippen LogP contribution in [0.1, 0.15) is 5.56 Å². The Morgan fingerprint density at radius 1 is 1.55 bits per heavy atom. The fourth-order valence-electron chi connectivity index (χ4n) is 0.651. The Morgan fingerprint density at radius 2 is 2.18 bits per heavy atom. The van der Waals surface area contributed by atoms with Gasteiger partial charge in [-0.05, 0) is 12.1 Å². The Balaban J connectivity index is 3.39. The zero-order valence-electron chi connectivity index (χ0n) is 5.31. The minimum absolute atomic E-state index is 0.151. The summed E-state index contributed by atoms with van der Waals surface area (Å²) in [6, 6.07) is 3.46. The maximum atomic E-state index is 12.4. The van der Waals surface area contributed by atoms with Crippen molar-refractivity contribution in [3.8, 4) is 11.8 Å². The number of nitriles is 1. The molecule has 56 valence electrons. The molecule has 0 aromatic heterocycles. The average molecular weight is 172 g/mol. The van der Waals surface area contributed by atoms with E-state index in [1.807, 2.05) is 0 Å². The second kappa shape index (κ2) is 2.77. The van der Waals surface area contributed by atoms with Gasteiger partial charge in [0.1, 0.15) is 11.9 Å². The van der Waals surface area contributed by atoms with Gasteiger partial charge in [0.25, 0.3) is 0 Å². The number of rotatable bonds is 0. The van der Waals surface area contributed by atoms with Gasteiger partial charge in [0.2, 0.25) is 0 Å². The first-order valence-electron chi connectivity index (χ1n) is 2.73. The van der Waals surface area contributed by atoms with E-state index in [9.17, 15) is 4.39 Å². The van der Waals surface area contributed by atoms with Gasteiger partial charge >= 0.3 is 0 Å². The lowest BCUT2D eigenvalue weighted by Gasteiger charge is -1.97. The normalized spacial score (nSPS) is 9.18. The molecule has 0 spiro atoms. The minimum atomic E-state index is -0.635. The van der Waals surface area contributed by atoms with Crippen molar-refractivity contribution in [3.05, 3.63) is 28.5 Å². The molecule has 0 aliphatic carbocycles. The molecule has 1 rings (SSSR count). The summed E-state index contributed by atoms with van der Waals surface area (Å²) in [4.78, 5) is 0. The maximum Gasteiger partial charge on any atom is 0.152 e. The quantitative estimate of drug-likeness (QED) is 0.649. The van der Waals surface area contributed by atoms with Gasteiger partial charge in [0, 0.05) is 0 Å². The van der Waals surface area contributed by atoms with Crippen LogP contribution < -0.4 is 0 Å². The molecule has 0 fully saturated rings. The number of phenols is 1. The van der Waals surface area contributed by atoms with Gasteiger partial charge in [-0.2, -0.15) is 5.26 Å². The van der Waals surface area contributed by atoms with Crippen LogP contribution in [-0.2, 0) is 0 Å². The molecule has 1 aromatic rings. The number of hydrogen-bond donors (Lipinski definition) is 1. The van der Waals surface area contributed by atoms with Crippen molar-refractivity contribution in [3.63, 3.8) is 0 Å². The third-order valence-electron chi connectivity index (χ3n) is 1.15. The molecular weight excluding hydrogens is 169 g/mol. The van der Waals surface area contributed by atoms with Crippen molar-refractivity contribution in [2.24, 2.45) is 0 Å². The highest BCUT2D eigenvalue weighted by Gasteiger charge is 2.06. The van der Waals surface area contributed by atoms with E-state index in [4.69, 9.17) is 22.0 Å². The Labute approximate surface area is 67.5 Å². The van der Waals surface area contributed by atoms with Crippen molar-refractivity contribution in [2.75, 3.05) is 0 Å². The van der Waals surface area contributed by atoms with E-state index in [-0.39, 0.29) is 16.3 Å². The fourth-order valence-corrected chi connectivity index (χ4v) is 0.857. The van der Waals surface area contributed by atoms with Gasteiger partial charge in [-0.25, -0.2) is 4.39 Å². The fraction of sp³-hybridized carbons (Fsp3) is 0. The molecule has 4 heteroatoms. The summed E-state index contributed by atoms with van der Waals surface area (Å²) < 4.78 is 12.4.